The van der Waals surface area contributed by atoms with Crippen LogP contribution in [0.1, 0.15) is 24.3 Å². The number of amides is 1. The largest absolute Gasteiger partial charge is 0.387 e. The number of rotatable bonds is 2. The fourth-order valence-corrected chi connectivity index (χ4v) is 2.40. The van der Waals surface area contributed by atoms with E-state index in [1.807, 2.05) is 18.0 Å². The molecule has 2 atom stereocenters. The van der Waals surface area contributed by atoms with E-state index in [1.165, 1.54) is 0 Å². The Kier molecular flexibility index (Phi) is 4.04. The van der Waals surface area contributed by atoms with Gasteiger partial charge in [0.25, 0.3) is 5.91 Å². The molecule has 1 aromatic rings. The number of nitrogens with zero attached hydrogens (tertiary/aromatic N) is 3. The monoisotopic (exact) mass is 262 g/mol. The molecule has 0 spiro atoms. The minimum Gasteiger partial charge on any atom is -0.387 e. The Morgan fingerprint density at radius 2 is 1.95 bits per heavy atom. The molecular formula is C14H22N4O. The molecule has 2 unspecified atom stereocenters. The molecule has 1 amide bonds. The van der Waals surface area contributed by atoms with Gasteiger partial charge in [-0.25, -0.2) is 4.98 Å². The summed E-state index contributed by atoms with van der Waals surface area (Å²) in [7, 11) is 3.94. The molecule has 5 heteroatoms. The maximum Gasteiger partial charge on any atom is 0.272 e. The van der Waals surface area contributed by atoms with Crippen LogP contribution in [0.2, 0.25) is 0 Å². The van der Waals surface area contributed by atoms with E-state index >= 15 is 0 Å². The maximum absolute atomic E-state index is 12.4. The topological polar surface area (TPSA) is 48.5 Å². The van der Waals surface area contributed by atoms with Gasteiger partial charge >= 0.3 is 0 Å². The highest BCUT2D eigenvalue weighted by Crippen LogP contribution is 2.16. The molecule has 1 fully saturated rings. The second kappa shape index (κ2) is 5.57. The number of likely N-dealkylation sites (N-methyl/N-ethyl adjacent to an activating group) is 1. The van der Waals surface area contributed by atoms with Crippen molar-refractivity contribution in [3.63, 3.8) is 0 Å². The SMILES string of the molecule is CNc1ccc(C(=O)N2CC(C)N(C)C(C)C2)nc1. The Bertz CT molecular complexity index is 433. The number of pyridine rings is 1. The van der Waals surface area contributed by atoms with Crippen LogP contribution in [-0.4, -0.2) is 60.0 Å². The summed E-state index contributed by atoms with van der Waals surface area (Å²) in [4.78, 5) is 20.9. The number of piperazine rings is 1. The van der Waals surface area contributed by atoms with E-state index in [2.05, 4.69) is 36.1 Å². The predicted octanol–water partition coefficient (Wildman–Crippen LogP) is 1.29. The predicted molar refractivity (Wildman–Crippen MR) is 76.4 cm³/mol. The highest BCUT2D eigenvalue weighted by Gasteiger charge is 2.30. The number of hydrogen-bond acceptors (Lipinski definition) is 4. The number of aromatic nitrogens is 1. The first-order chi connectivity index (χ1) is 9.02. The van der Waals surface area contributed by atoms with Crippen LogP contribution in [0.25, 0.3) is 0 Å². The molecule has 1 aromatic heterocycles. The molecule has 2 heterocycles. The fourth-order valence-electron chi connectivity index (χ4n) is 2.40. The van der Waals surface area contributed by atoms with Crippen LogP contribution in [0.15, 0.2) is 18.3 Å². The summed E-state index contributed by atoms with van der Waals surface area (Å²) in [5.41, 5.74) is 1.43. The van der Waals surface area contributed by atoms with Crippen LogP contribution < -0.4 is 5.32 Å². The third-order valence-electron chi connectivity index (χ3n) is 3.92. The zero-order valence-corrected chi connectivity index (χ0v) is 12.1. The lowest BCUT2D eigenvalue weighted by Crippen LogP contribution is -2.56. The van der Waals surface area contributed by atoms with Crippen molar-refractivity contribution in [3.8, 4) is 0 Å². The normalized spacial score (nSPS) is 24.3. The summed E-state index contributed by atoms with van der Waals surface area (Å²) in [6.45, 7) is 5.81. The van der Waals surface area contributed by atoms with E-state index in [9.17, 15) is 4.79 Å². The number of carbonyl (C=O) groups excluding carboxylic acids is 1. The molecule has 1 aliphatic rings. The molecule has 2 rings (SSSR count). The molecule has 1 saturated heterocycles. The van der Waals surface area contributed by atoms with Gasteiger partial charge in [-0.2, -0.15) is 0 Å². The Balaban J connectivity index is 2.10. The van der Waals surface area contributed by atoms with E-state index < -0.39 is 0 Å². The second-order valence-corrected chi connectivity index (χ2v) is 5.26. The van der Waals surface area contributed by atoms with Gasteiger partial charge in [-0.05, 0) is 33.0 Å². The molecule has 19 heavy (non-hydrogen) atoms. The van der Waals surface area contributed by atoms with Crippen molar-refractivity contribution in [3.05, 3.63) is 24.0 Å². The van der Waals surface area contributed by atoms with Gasteiger partial charge in [0.1, 0.15) is 5.69 Å². The van der Waals surface area contributed by atoms with Gasteiger partial charge in [0.2, 0.25) is 0 Å². The highest BCUT2D eigenvalue weighted by atomic mass is 16.2. The van der Waals surface area contributed by atoms with E-state index in [0.717, 1.165) is 18.8 Å². The summed E-state index contributed by atoms with van der Waals surface area (Å²) in [6, 6.07) is 4.42. The van der Waals surface area contributed by atoms with Gasteiger partial charge in [0.15, 0.2) is 0 Å². The van der Waals surface area contributed by atoms with Crippen LogP contribution in [0, 0.1) is 0 Å². The smallest absolute Gasteiger partial charge is 0.272 e. The van der Waals surface area contributed by atoms with E-state index in [4.69, 9.17) is 0 Å². The second-order valence-electron chi connectivity index (χ2n) is 5.26. The van der Waals surface area contributed by atoms with E-state index in [1.54, 1.807) is 12.3 Å². The lowest BCUT2D eigenvalue weighted by atomic mass is 10.1. The van der Waals surface area contributed by atoms with Crippen molar-refractivity contribution in [2.45, 2.75) is 25.9 Å². The van der Waals surface area contributed by atoms with E-state index in [-0.39, 0.29) is 5.91 Å². The molecule has 0 aliphatic carbocycles. The van der Waals surface area contributed by atoms with Crippen molar-refractivity contribution in [2.24, 2.45) is 0 Å². The molecule has 5 nitrogen and oxygen atoms in total. The van der Waals surface area contributed by atoms with E-state index in [0.29, 0.717) is 17.8 Å². The number of anilines is 1. The van der Waals surface area contributed by atoms with Crippen LogP contribution in [0.3, 0.4) is 0 Å². The molecule has 104 valence electrons. The van der Waals surface area contributed by atoms with Gasteiger partial charge in [-0.1, -0.05) is 0 Å². The van der Waals surface area contributed by atoms with Crippen LogP contribution in [0.4, 0.5) is 5.69 Å². The molecule has 1 N–H and O–H groups in total. The number of nitrogens with one attached hydrogen (secondary N) is 1. The van der Waals surface area contributed by atoms with Crippen molar-refractivity contribution in [1.29, 1.82) is 0 Å². The molecule has 0 bridgehead atoms. The Morgan fingerprint density at radius 3 is 2.42 bits per heavy atom. The molecule has 0 radical (unpaired) electrons. The van der Waals surface area contributed by atoms with Crippen LogP contribution >= 0.6 is 0 Å². The third-order valence-corrected chi connectivity index (χ3v) is 3.92. The van der Waals surface area contributed by atoms with Gasteiger partial charge in [-0.15, -0.1) is 0 Å². The zero-order valence-electron chi connectivity index (χ0n) is 12.1. The maximum atomic E-state index is 12.4. The summed E-state index contributed by atoms with van der Waals surface area (Å²) in [6.07, 6.45) is 1.69. The average molecular weight is 262 g/mol. The molecule has 0 aromatic carbocycles. The zero-order chi connectivity index (χ0) is 14.0. The Labute approximate surface area is 114 Å². The Hall–Kier alpha value is -1.62. The summed E-state index contributed by atoms with van der Waals surface area (Å²) in [5, 5.41) is 3.00. The first kappa shape index (κ1) is 13.8. The standard InChI is InChI=1S/C14H22N4O/c1-10-8-18(9-11(2)17(10)4)14(19)13-6-5-12(15-3)7-16-13/h5-7,10-11,15H,8-9H2,1-4H3. The van der Waals surface area contributed by atoms with Gasteiger partial charge in [0.05, 0.1) is 11.9 Å². The van der Waals surface area contributed by atoms with Crippen molar-refractivity contribution in [1.82, 2.24) is 14.8 Å². The lowest BCUT2D eigenvalue weighted by molar-refractivity contribution is 0.0409. The summed E-state index contributed by atoms with van der Waals surface area (Å²) < 4.78 is 0. The fraction of sp³-hybridized carbons (Fsp3) is 0.571. The first-order valence-corrected chi connectivity index (χ1v) is 6.68. The van der Waals surface area contributed by atoms with Crippen LogP contribution in [0.5, 0.6) is 0 Å². The Morgan fingerprint density at radius 1 is 1.32 bits per heavy atom. The van der Waals surface area contributed by atoms with Crippen LogP contribution in [-0.2, 0) is 0 Å². The van der Waals surface area contributed by atoms with Gasteiger partial charge in [-0.3, -0.25) is 9.69 Å². The summed E-state index contributed by atoms with van der Waals surface area (Å²) in [5.74, 6) is 0.0226. The minimum absolute atomic E-state index is 0.0226. The average Bonchev–Trinajstić information content (AvgIpc) is 2.43. The molecular weight excluding hydrogens is 240 g/mol. The van der Waals surface area contributed by atoms with Gasteiger partial charge in [0, 0.05) is 32.2 Å². The third kappa shape index (κ3) is 2.87. The number of carbonyl (C=O) groups is 1. The van der Waals surface area contributed by atoms with Crippen molar-refractivity contribution in [2.75, 3.05) is 32.5 Å². The van der Waals surface area contributed by atoms with Gasteiger partial charge < -0.3 is 10.2 Å². The number of hydrogen-bond donors (Lipinski definition) is 1. The van der Waals surface area contributed by atoms with Crippen molar-refractivity contribution >= 4 is 11.6 Å². The van der Waals surface area contributed by atoms with Crippen molar-refractivity contribution < 1.29 is 4.79 Å². The highest BCUT2D eigenvalue weighted by molar-refractivity contribution is 5.92. The summed E-state index contributed by atoms with van der Waals surface area (Å²) >= 11 is 0. The lowest BCUT2D eigenvalue weighted by Gasteiger charge is -2.42. The quantitative estimate of drug-likeness (QED) is 0.872. The molecule has 1 aliphatic heterocycles. The first-order valence-electron chi connectivity index (χ1n) is 6.68. The molecule has 0 saturated carbocycles. The minimum atomic E-state index is 0.0226.